The Morgan fingerprint density at radius 2 is 1.73 bits per heavy atom. The van der Waals surface area contributed by atoms with Crippen LogP contribution in [-0.2, 0) is 21.1 Å². The van der Waals surface area contributed by atoms with Crippen LogP contribution in [0.3, 0.4) is 0 Å². The van der Waals surface area contributed by atoms with Crippen LogP contribution in [-0.4, -0.2) is 33.9 Å². The molecule has 11 heteroatoms. The first-order valence-corrected chi connectivity index (χ1v) is 8.33. The highest BCUT2D eigenvalue weighted by Crippen LogP contribution is 2.29. The van der Waals surface area contributed by atoms with Gasteiger partial charge in [-0.05, 0) is 12.1 Å². The van der Waals surface area contributed by atoms with Gasteiger partial charge in [0.25, 0.3) is 10.8 Å². The summed E-state index contributed by atoms with van der Waals surface area (Å²) < 4.78 is 9.70. The van der Waals surface area contributed by atoms with Gasteiger partial charge < -0.3 is 8.98 Å². The van der Waals surface area contributed by atoms with E-state index in [0.717, 1.165) is 21.9 Å². The zero-order valence-corrected chi connectivity index (χ0v) is 14.9. The summed E-state index contributed by atoms with van der Waals surface area (Å²) in [6.07, 6.45) is 3.27. The quantitative estimate of drug-likeness (QED) is 0.513. The van der Waals surface area contributed by atoms with Crippen LogP contribution in [0.25, 0.3) is 22.6 Å². The molecule has 0 spiro atoms. The SMILES string of the molecule is Cn1c(=O)c2nc(Sc3nnc(-c4ccncc4)o3)n(C)c2n(C)c1=O. The number of pyridine rings is 1. The highest BCUT2D eigenvalue weighted by atomic mass is 32.2. The molecular formula is C15H13N7O3S. The maximum absolute atomic E-state index is 12.3. The molecule has 0 bridgehead atoms. The lowest BCUT2D eigenvalue weighted by atomic mass is 10.3. The molecule has 0 radical (unpaired) electrons. The molecule has 0 amide bonds. The van der Waals surface area contributed by atoms with Gasteiger partial charge in [0, 0.05) is 50.9 Å². The summed E-state index contributed by atoms with van der Waals surface area (Å²) in [4.78, 5) is 32.7. The summed E-state index contributed by atoms with van der Waals surface area (Å²) in [5, 5.41) is 8.74. The Labute approximate surface area is 150 Å². The van der Waals surface area contributed by atoms with E-state index in [9.17, 15) is 9.59 Å². The molecule has 0 unspecified atom stereocenters. The van der Waals surface area contributed by atoms with Crippen molar-refractivity contribution in [2.45, 2.75) is 10.4 Å². The lowest BCUT2D eigenvalue weighted by Crippen LogP contribution is -2.37. The smallest absolute Gasteiger partial charge is 0.332 e. The highest BCUT2D eigenvalue weighted by Gasteiger charge is 2.19. The summed E-state index contributed by atoms with van der Waals surface area (Å²) in [5.74, 6) is 0.358. The maximum Gasteiger partial charge on any atom is 0.332 e. The van der Waals surface area contributed by atoms with E-state index < -0.39 is 11.2 Å². The van der Waals surface area contributed by atoms with Crippen LogP contribution in [0, 0.1) is 0 Å². The summed E-state index contributed by atoms with van der Waals surface area (Å²) in [6.45, 7) is 0. The second-order valence-electron chi connectivity index (χ2n) is 5.54. The minimum atomic E-state index is -0.450. The third kappa shape index (κ3) is 2.44. The Balaban J connectivity index is 1.77. The van der Waals surface area contributed by atoms with Gasteiger partial charge in [0.05, 0.1) is 0 Å². The van der Waals surface area contributed by atoms with Crippen molar-refractivity contribution in [2.24, 2.45) is 21.1 Å². The molecule has 4 heterocycles. The Hall–Kier alpha value is -3.21. The van der Waals surface area contributed by atoms with E-state index in [-0.39, 0.29) is 10.7 Å². The number of fused-ring (bicyclic) bond motifs is 1. The van der Waals surface area contributed by atoms with Crippen molar-refractivity contribution in [1.29, 1.82) is 0 Å². The zero-order valence-electron chi connectivity index (χ0n) is 14.1. The van der Waals surface area contributed by atoms with Crippen LogP contribution in [0.4, 0.5) is 0 Å². The van der Waals surface area contributed by atoms with E-state index in [1.807, 2.05) is 0 Å². The minimum absolute atomic E-state index is 0.202. The summed E-state index contributed by atoms with van der Waals surface area (Å²) in [5.41, 5.74) is 0.511. The largest absolute Gasteiger partial charge is 0.411 e. The third-order valence-electron chi connectivity index (χ3n) is 3.93. The van der Waals surface area contributed by atoms with Crippen molar-refractivity contribution in [3.63, 3.8) is 0 Å². The van der Waals surface area contributed by atoms with Crippen molar-refractivity contribution in [3.8, 4) is 11.5 Å². The van der Waals surface area contributed by atoms with E-state index in [0.29, 0.717) is 16.7 Å². The van der Waals surface area contributed by atoms with Gasteiger partial charge in [-0.15, -0.1) is 10.2 Å². The van der Waals surface area contributed by atoms with Crippen LogP contribution in [0.1, 0.15) is 0 Å². The van der Waals surface area contributed by atoms with Gasteiger partial charge in [0.1, 0.15) is 0 Å². The first-order valence-electron chi connectivity index (χ1n) is 7.51. The van der Waals surface area contributed by atoms with Crippen molar-refractivity contribution in [1.82, 2.24) is 33.9 Å². The third-order valence-corrected chi connectivity index (χ3v) is 4.82. The van der Waals surface area contributed by atoms with Gasteiger partial charge in [-0.25, -0.2) is 9.78 Å². The molecule has 0 aliphatic heterocycles. The van der Waals surface area contributed by atoms with Crippen molar-refractivity contribution in [3.05, 3.63) is 45.4 Å². The second kappa shape index (κ2) is 5.95. The molecule has 0 aromatic carbocycles. The molecule has 10 nitrogen and oxygen atoms in total. The molecule has 0 aliphatic rings. The van der Waals surface area contributed by atoms with Gasteiger partial charge in [-0.2, -0.15) is 0 Å². The van der Waals surface area contributed by atoms with Crippen LogP contribution in [0.5, 0.6) is 0 Å². The summed E-state index contributed by atoms with van der Waals surface area (Å²) in [6, 6.07) is 3.52. The Bertz CT molecular complexity index is 1240. The first-order chi connectivity index (χ1) is 12.5. The standard InChI is InChI=1S/C15H13N7O3S/c1-20-11-9(12(23)22(3)15(24)21(11)2)17-13(20)26-14-19-18-10(25-14)8-4-6-16-7-5-8/h4-7H,1-3H3. The molecule has 4 aromatic heterocycles. The maximum atomic E-state index is 12.3. The predicted molar refractivity (Wildman–Crippen MR) is 92.8 cm³/mol. The molecule has 4 rings (SSSR count). The second-order valence-corrected chi connectivity index (χ2v) is 6.46. The van der Waals surface area contributed by atoms with Crippen LogP contribution in [0.15, 0.2) is 48.9 Å². The fourth-order valence-electron chi connectivity index (χ4n) is 2.59. The van der Waals surface area contributed by atoms with Gasteiger partial charge in [0.15, 0.2) is 16.3 Å². The summed E-state index contributed by atoms with van der Waals surface area (Å²) >= 11 is 1.12. The number of imidazole rings is 1. The molecule has 26 heavy (non-hydrogen) atoms. The number of rotatable bonds is 3. The van der Waals surface area contributed by atoms with Crippen molar-refractivity contribution >= 4 is 22.9 Å². The van der Waals surface area contributed by atoms with Gasteiger partial charge >= 0.3 is 5.69 Å². The van der Waals surface area contributed by atoms with Gasteiger partial charge in [-0.3, -0.25) is 18.9 Å². The van der Waals surface area contributed by atoms with Crippen LogP contribution in [0.2, 0.25) is 0 Å². The number of aromatic nitrogens is 7. The molecule has 132 valence electrons. The van der Waals surface area contributed by atoms with E-state index in [1.165, 1.54) is 11.6 Å². The van der Waals surface area contributed by atoms with Crippen LogP contribution < -0.4 is 11.2 Å². The fraction of sp³-hybridized carbons (Fsp3) is 0.200. The van der Waals surface area contributed by atoms with E-state index in [1.54, 1.807) is 43.2 Å². The fourth-order valence-corrected chi connectivity index (χ4v) is 3.31. The number of aryl methyl sites for hydroxylation is 2. The van der Waals surface area contributed by atoms with E-state index in [2.05, 4.69) is 20.2 Å². The Kier molecular flexibility index (Phi) is 3.72. The minimum Gasteiger partial charge on any atom is -0.411 e. The number of hydrogen-bond donors (Lipinski definition) is 0. The van der Waals surface area contributed by atoms with Crippen LogP contribution >= 0.6 is 11.8 Å². The Morgan fingerprint density at radius 3 is 2.46 bits per heavy atom. The zero-order chi connectivity index (χ0) is 18.4. The first kappa shape index (κ1) is 16.3. The molecule has 0 saturated carbocycles. The molecular weight excluding hydrogens is 358 g/mol. The number of nitrogens with zero attached hydrogens (tertiary/aromatic N) is 7. The lowest BCUT2D eigenvalue weighted by Gasteiger charge is -2.05. The molecule has 0 atom stereocenters. The lowest BCUT2D eigenvalue weighted by molar-refractivity contribution is 0.464. The van der Waals surface area contributed by atoms with Gasteiger partial charge in [0.2, 0.25) is 5.89 Å². The average Bonchev–Trinajstić information content (AvgIpc) is 3.25. The predicted octanol–water partition coefficient (Wildman–Crippen LogP) is 0.567. The van der Waals surface area contributed by atoms with Gasteiger partial charge in [-0.1, -0.05) is 0 Å². The van der Waals surface area contributed by atoms with E-state index in [4.69, 9.17) is 4.42 Å². The summed E-state index contributed by atoms with van der Waals surface area (Å²) in [7, 11) is 4.73. The van der Waals surface area contributed by atoms with Crippen molar-refractivity contribution < 1.29 is 4.42 Å². The molecule has 0 fully saturated rings. The Morgan fingerprint density at radius 1 is 1.00 bits per heavy atom. The number of hydrogen-bond acceptors (Lipinski definition) is 8. The van der Waals surface area contributed by atoms with E-state index >= 15 is 0 Å². The highest BCUT2D eigenvalue weighted by molar-refractivity contribution is 7.99. The molecule has 0 aliphatic carbocycles. The monoisotopic (exact) mass is 371 g/mol. The topological polar surface area (TPSA) is 114 Å². The molecule has 0 N–H and O–H groups in total. The average molecular weight is 371 g/mol. The normalized spacial score (nSPS) is 11.3. The molecule has 4 aromatic rings. The van der Waals surface area contributed by atoms with Crippen molar-refractivity contribution in [2.75, 3.05) is 0 Å². The molecule has 0 saturated heterocycles.